The van der Waals surface area contributed by atoms with Crippen LogP contribution >= 0.6 is 0 Å². The lowest BCUT2D eigenvalue weighted by Gasteiger charge is -2.54. The van der Waals surface area contributed by atoms with Gasteiger partial charge in [-0.1, -0.05) is 33.3 Å². The molecule has 2 heterocycles. The molecule has 4 fully saturated rings. The molecule has 1 aliphatic heterocycles. The van der Waals surface area contributed by atoms with Gasteiger partial charge in [0.25, 0.3) is 0 Å². The van der Waals surface area contributed by atoms with Gasteiger partial charge in [-0.05, 0) is 48.2 Å². The standard InChI is InChI=1S/C28H32O7/c1-25(2)18(11-19(29)33-5)27(4)16-6-8-26(3)17(10-20(30)35-24(26)14-7-9-34-13-14)15(16)12-28(27)21(22(25)31)23(28)32/h7,9,13,16,18,21,24H,6,8,10-12H2,1-5H3. The highest BCUT2D eigenvalue weighted by Crippen LogP contribution is 2.82. The number of rotatable bonds is 3. The van der Waals surface area contributed by atoms with Gasteiger partial charge in [-0.25, -0.2) is 0 Å². The van der Waals surface area contributed by atoms with Gasteiger partial charge in [0.15, 0.2) is 5.78 Å². The first kappa shape index (κ1) is 22.7. The number of Topliss-reactive ketones (excluding diaryl/α,β-unsaturated/α-hetero) is 2. The third-order valence-corrected chi connectivity index (χ3v) is 10.8. The lowest BCUT2D eigenvalue weighted by atomic mass is 9.48. The van der Waals surface area contributed by atoms with Crippen molar-refractivity contribution in [3.63, 3.8) is 0 Å². The number of ether oxygens (including phenoxy) is 2. The Balaban J connectivity index is 1.53. The summed E-state index contributed by atoms with van der Waals surface area (Å²) in [7, 11) is 1.36. The van der Waals surface area contributed by atoms with Crippen LogP contribution in [0.3, 0.4) is 0 Å². The van der Waals surface area contributed by atoms with Gasteiger partial charge in [0.2, 0.25) is 0 Å². The summed E-state index contributed by atoms with van der Waals surface area (Å²) in [5.41, 5.74) is 0.449. The predicted octanol–water partition coefficient (Wildman–Crippen LogP) is 4.36. The molecule has 7 nitrogen and oxygen atoms in total. The Morgan fingerprint density at radius 3 is 2.54 bits per heavy atom. The Labute approximate surface area is 204 Å². The molecule has 7 unspecified atom stereocenters. The van der Waals surface area contributed by atoms with E-state index >= 15 is 0 Å². The summed E-state index contributed by atoms with van der Waals surface area (Å²) in [5, 5.41) is 0. The molecule has 5 aliphatic rings. The molecule has 0 amide bonds. The molecule has 0 aromatic carbocycles. The number of carbonyl (C=O) groups is 4. The number of hydrogen-bond donors (Lipinski definition) is 0. The smallest absolute Gasteiger partial charge is 0.310 e. The molecule has 0 radical (unpaired) electrons. The molecule has 35 heavy (non-hydrogen) atoms. The van der Waals surface area contributed by atoms with Crippen LogP contribution in [0.4, 0.5) is 0 Å². The molecule has 0 N–H and O–H groups in total. The quantitative estimate of drug-likeness (QED) is 0.360. The second-order valence-electron chi connectivity index (χ2n) is 12.3. The van der Waals surface area contributed by atoms with E-state index in [9.17, 15) is 19.2 Å². The van der Waals surface area contributed by atoms with Crippen molar-refractivity contribution in [3.05, 3.63) is 35.3 Å². The fraction of sp³-hybridized carbons (Fsp3) is 0.643. The molecule has 1 aromatic heterocycles. The maximum atomic E-state index is 13.6. The van der Waals surface area contributed by atoms with Crippen LogP contribution in [0.25, 0.3) is 0 Å². The third kappa shape index (κ3) is 2.47. The van der Waals surface area contributed by atoms with Crippen molar-refractivity contribution in [2.75, 3.05) is 7.11 Å². The molecule has 186 valence electrons. The van der Waals surface area contributed by atoms with E-state index in [0.29, 0.717) is 6.42 Å². The zero-order chi connectivity index (χ0) is 25.1. The van der Waals surface area contributed by atoms with Gasteiger partial charge in [-0.2, -0.15) is 0 Å². The normalized spacial score (nSPS) is 43.1. The predicted molar refractivity (Wildman–Crippen MR) is 123 cm³/mol. The van der Waals surface area contributed by atoms with E-state index in [2.05, 4.69) is 13.8 Å². The molecule has 1 aromatic rings. The van der Waals surface area contributed by atoms with E-state index in [1.54, 1.807) is 12.5 Å². The summed E-state index contributed by atoms with van der Waals surface area (Å²) < 4.78 is 16.2. The number of esters is 2. The summed E-state index contributed by atoms with van der Waals surface area (Å²) >= 11 is 0. The van der Waals surface area contributed by atoms with Gasteiger partial charge in [-0.15, -0.1) is 0 Å². The molecular weight excluding hydrogens is 448 g/mol. The van der Waals surface area contributed by atoms with Gasteiger partial charge in [0.1, 0.15) is 11.9 Å². The minimum Gasteiger partial charge on any atom is -0.472 e. The van der Waals surface area contributed by atoms with E-state index in [1.807, 2.05) is 19.9 Å². The van der Waals surface area contributed by atoms with Crippen LogP contribution in [-0.4, -0.2) is 30.6 Å². The van der Waals surface area contributed by atoms with Gasteiger partial charge in [-0.3, -0.25) is 19.2 Å². The van der Waals surface area contributed by atoms with Crippen molar-refractivity contribution in [1.29, 1.82) is 0 Å². The molecular formula is C28H32O7. The lowest BCUT2D eigenvalue weighted by Crippen LogP contribution is -2.55. The summed E-state index contributed by atoms with van der Waals surface area (Å²) in [4.78, 5) is 52.6. The Morgan fingerprint density at radius 1 is 1.14 bits per heavy atom. The molecule has 1 saturated heterocycles. The van der Waals surface area contributed by atoms with Crippen LogP contribution in [0, 0.1) is 39.4 Å². The van der Waals surface area contributed by atoms with Crippen LogP contribution in [0.2, 0.25) is 0 Å². The zero-order valence-corrected chi connectivity index (χ0v) is 20.9. The van der Waals surface area contributed by atoms with Gasteiger partial charge in [0, 0.05) is 22.8 Å². The third-order valence-electron chi connectivity index (χ3n) is 10.8. The summed E-state index contributed by atoms with van der Waals surface area (Å²) in [6.45, 7) is 8.04. The second kappa shape index (κ2) is 6.74. The Morgan fingerprint density at radius 2 is 1.89 bits per heavy atom. The van der Waals surface area contributed by atoms with E-state index in [0.717, 1.165) is 29.6 Å². The number of ketones is 2. The van der Waals surface area contributed by atoms with E-state index < -0.39 is 33.7 Å². The van der Waals surface area contributed by atoms with E-state index in [1.165, 1.54) is 7.11 Å². The van der Waals surface area contributed by atoms with Gasteiger partial charge < -0.3 is 13.9 Å². The van der Waals surface area contributed by atoms with Crippen molar-refractivity contribution < 1.29 is 33.1 Å². The molecule has 3 saturated carbocycles. The average molecular weight is 481 g/mol. The number of fused-ring (bicyclic) bond motifs is 3. The summed E-state index contributed by atoms with van der Waals surface area (Å²) in [6, 6.07) is 1.84. The molecule has 7 atom stereocenters. The average Bonchev–Trinajstić information content (AvgIpc) is 3.13. The summed E-state index contributed by atoms with van der Waals surface area (Å²) in [5.74, 6) is -1.61. The SMILES string of the molecule is COC(=O)CC1C(C)(C)C(=O)C2C(=O)C23CC2=C4CC(=O)OC(c5ccoc5)C4(C)CCC2C13C. The van der Waals surface area contributed by atoms with Crippen LogP contribution in [0.1, 0.15) is 71.5 Å². The Hall–Kier alpha value is -2.70. The minimum absolute atomic E-state index is 0.0133. The van der Waals surface area contributed by atoms with Crippen molar-refractivity contribution in [3.8, 4) is 0 Å². The van der Waals surface area contributed by atoms with Crippen LogP contribution in [0.5, 0.6) is 0 Å². The monoisotopic (exact) mass is 480 g/mol. The highest BCUT2D eigenvalue weighted by atomic mass is 16.5. The van der Waals surface area contributed by atoms with Crippen molar-refractivity contribution >= 4 is 23.5 Å². The topological polar surface area (TPSA) is 99.9 Å². The summed E-state index contributed by atoms with van der Waals surface area (Å²) in [6.07, 6.45) is 5.14. The minimum atomic E-state index is -0.824. The number of furan rings is 1. The highest BCUT2D eigenvalue weighted by molar-refractivity contribution is 6.23. The zero-order valence-electron chi connectivity index (χ0n) is 20.9. The first-order valence-electron chi connectivity index (χ1n) is 12.5. The molecule has 0 bridgehead atoms. The van der Waals surface area contributed by atoms with Crippen molar-refractivity contribution in [1.82, 2.24) is 0 Å². The molecule has 4 aliphatic carbocycles. The fourth-order valence-electron chi connectivity index (χ4n) is 8.97. The maximum Gasteiger partial charge on any atom is 0.310 e. The van der Waals surface area contributed by atoms with Gasteiger partial charge >= 0.3 is 11.9 Å². The second-order valence-corrected chi connectivity index (χ2v) is 12.3. The molecule has 7 heteroatoms. The Bertz CT molecular complexity index is 1210. The maximum absolute atomic E-state index is 13.6. The largest absolute Gasteiger partial charge is 0.472 e. The van der Waals surface area contributed by atoms with E-state index in [4.69, 9.17) is 13.9 Å². The van der Waals surface area contributed by atoms with Crippen molar-refractivity contribution in [2.45, 2.75) is 65.9 Å². The van der Waals surface area contributed by atoms with Crippen LogP contribution in [0.15, 0.2) is 34.2 Å². The number of methoxy groups -OCH3 is 1. The Kier molecular flexibility index (Phi) is 4.38. The van der Waals surface area contributed by atoms with Crippen LogP contribution in [-0.2, 0) is 28.7 Å². The van der Waals surface area contributed by atoms with Crippen molar-refractivity contribution in [2.24, 2.45) is 39.4 Å². The molecule has 6 rings (SSSR count). The number of carbonyl (C=O) groups excluding carboxylic acids is 4. The molecule has 1 spiro atoms. The van der Waals surface area contributed by atoms with Gasteiger partial charge in [0.05, 0.1) is 37.4 Å². The highest BCUT2D eigenvalue weighted by Gasteiger charge is 2.86. The first-order valence-corrected chi connectivity index (χ1v) is 12.5. The van der Waals surface area contributed by atoms with Crippen LogP contribution < -0.4 is 0 Å². The first-order chi connectivity index (χ1) is 16.4. The number of hydrogen-bond acceptors (Lipinski definition) is 7. The lowest BCUT2D eigenvalue weighted by molar-refractivity contribution is -0.162. The number of allylic oxidation sites excluding steroid dienone is 1. The van der Waals surface area contributed by atoms with E-state index in [-0.39, 0.29) is 48.2 Å². The number of cyclic esters (lactones) is 1. The fourth-order valence-corrected chi connectivity index (χ4v) is 8.97.